The molecule has 0 bridgehead atoms. The summed E-state index contributed by atoms with van der Waals surface area (Å²) in [6, 6.07) is 6.76. The van der Waals surface area contributed by atoms with Crippen molar-refractivity contribution in [3.63, 3.8) is 0 Å². The van der Waals surface area contributed by atoms with E-state index >= 15 is 0 Å². The van der Waals surface area contributed by atoms with E-state index in [1.807, 2.05) is 18.4 Å². The molecule has 5 nitrogen and oxygen atoms in total. The number of likely N-dealkylation sites (N-methyl/N-ethyl adjacent to an activating group) is 1. The highest BCUT2D eigenvalue weighted by atomic mass is 32.2. The molecule has 0 unspecified atom stereocenters. The lowest BCUT2D eigenvalue weighted by Gasteiger charge is -2.13. The van der Waals surface area contributed by atoms with E-state index in [-0.39, 0.29) is 11.8 Å². The minimum absolute atomic E-state index is 0.0471. The Labute approximate surface area is 130 Å². The van der Waals surface area contributed by atoms with Gasteiger partial charge in [-0.05, 0) is 36.1 Å². The summed E-state index contributed by atoms with van der Waals surface area (Å²) in [4.78, 5) is 25.0. The first-order chi connectivity index (χ1) is 9.93. The topological polar surface area (TPSA) is 75.4 Å². The van der Waals surface area contributed by atoms with Gasteiger partial charge in [-0.1, -0.05) is 12.1 Å². The molecule has 0 aliphatic carbocycles. The fraction of sp³-hybridized carbons (Fsp3) is 0.467. The third-order valence-corrected chi connectivity index (χ3v) is 3.69. The van der Waals surface area contributed by atoms with Gasteiger partial charge in [-0.15, -0.1) is 0 Å². The summed E-state index contributed by atoms with van der Waals surface area (Å²) < 4.78 is 0. The quantitative estimate of drug-likeness (QED) is 0.797. The predicted molar refractivity (Wildman–Crippen MR) is 88.4 cm³/mol. The van der Waals surface area contributed by atoms with Crippen molar-refractivity contribution < 1.29 is 9.59 Å². The number of nitrogens with one attached hydrogen (secondary N) is 1. The van der Waals surface area contributed by atoms with Crippen molar-refractivity contribution in [2.45, 2.75) is 18.9 Å². The number of carbonyl (C=O) groups excluding carboxylic acids is 2. The highest BCUT2D eigenvalue weighted by molar-refractivity contribution is 7.98. The fourth-order valence-corrected chi connectivity index (χ4v) is 2.14. The number of nitrogens with zero attached hydrogens (tertiary/aromatic N) is 1. The normalized spacial score (nSPS) is 11.8. The van der Waals surface area contributed by atoms with Gasteiger partial charge in [0.2, 0.25) is 11.8 Å². The van der Waals surface area contributed by atoms with Crippen molar-refractivity contribution in [2.75, 3.05) is 31.4 Å². The van der Waals surface area contributed by atoms with Crippen molar-refractivity contribution >= 4 is 29.3 Å². The van der Waals surface area contributed by atoms with Crippen LogP contribution in [-0.4, -0.2) is 48.9 Å². The van der Waals surface area contributed by atoms with Crippen LogP contribution < -0.4 is 11.1 Å². The standard InChI is InChI=1S/C15H23N3O2S/c1-18(2)14(19)10-11-4-6-12(7-5-11)17-15(20)13(16)8-9-21-3/h4-7,13H,8-10,16H2,1-3H3,(H,17,20)/t13-/m1/s1. The number of nitrogens with two attached hydrogens (primary N) is 1. The molecule has 1 aromatic rings. The third-order valence-electron chi connectivity index (χ3n) is 3.05. The maximum atomic E-state index is 11.9. The number of benzene rings is 1. The minimum Gasteiger partial charge on any atom is -0.349 e. The average Bonchev–Trinajstić information content (AvgIpc) is 2.46. The lowest BCUT2D eigenvalue weighted by Crippen LogP contribution is -2.36. The molecule has 0 radical (unpaired) electrons. The minimum atomic E-state index is -0.493. The molecule has 3 N–H and O–H groups in total. The first-order valence-electron chi connectivity index (χ1n) is 6.78. The van der Waals surface area contributed by atoms with E-state index in [0.29, 0.717) is 18.5 Å². The molecule has 1 aromatic carbocycles. The molecule has 0 aliphatic rings. The molecule has 2 amide bonds. The molecule has 0 aliphatic heterocycles. The second-order valence-corrected chi connectivity index (χ2v) is 6.02. The number of thioether (sulfide) groups is 1. The Kier molecular flexibility index (Phi) is 7.25. The van der Waals surface area contributed by atoms with E-state index in [1.54, 1.807) is 42.9 Å². The molecule has 0 saturated carbocycles. The van der Waals surface area contributed by atoms with Crippen LogP contribution in [0.4, 0.5) is 5.69 Å². The highest BCUT2D eigenvalue weighted by Crippen LogP contribution is 2.11. The number of hydrogen-bond donors (Lipinski definition) is 2. The second-order valence-electron chi connectivity index (χ2n) is 5.04. The lowest BCUT2D eigenvalue weighted by atomic mass is 10.1. The van der Waals surface area contributed by atoms with Gasteiger partial charge < -0.3 is 16.0 Å². The summed E-state index contributed by atoms with van der Waals surface area (Å²) in [5, 5.41) is 2.79. The zero-order chi connectivity index (χ0) is 15.8. The number of hydrogen-bond acceptors (Lipinski definition) is 4. The second kappa shape index (κ2) is 8.69. The highest BCUT2D eigenvalue weighted by Gasteiger charge is 2.13. The van der Waals surface area contributed by atoms with E-state index in [0.717, 1.165) is 11.3 Å². The van der Waals surface area contributed by atoms with Gasteiger partial charge in [0.1, 0.15) is 0 Å². The Balaban J connectivity index is 2.54. The SMILES string of the molecule is CSCC[C@@H](N)C(=O)Nc1ccc(CC(=O)N(C)C)cc1. The van der Waals surface area contributed by atoms with Gasteiger partial charge in [-0.2, -0.15) is 11.8 Å². The van der Waals surface area contributed by atoms with Gasteiger partial charge in [-0.3, -0.25) is 9.59 Å². The van der Waals surface area contributed by atoms with E-state index in [2.05, 4.69) is 5.32 Å². The summed E-state index contributed by atoms with van der Waals surface area (Å²) in [5.41, 5.74) is 7.41. The Morgan fingerprint density at radius 3 is 2.43 bits per heavy atom. The van der Waals surface area contributed by atoms with E-state index < -0.39 is 6.04 Å². The summed E-state index contributed by atoms with van der Waals surface area (Å²) in [6.45, 7) is 0. The largest absolute Gasteiger partial charge is 0.349 e. The molecule has 1 atom stereocenters. The number of anilines is 1. The van der Waals surface area contributed by atoms with Crippen molar-refractivity contribution in [1.82, 2.24) is 4.90 Å². The maximum Gasteiger partial charge on any atom is 0.241 e. The molecule has 116 valence electrons. The van der Waals surface area contributed by atoms with Crippen LogP contribution in [0, 0.1) is 0 Å². The van der Waals surface area contributed by atoms with Crippen LogP contribution in [0.5, 0.6) is 0 Å². The van der Waals surface area contributed by atoms with Crippen LogP contribution in [0.15, 0.2) is 24.3 Å². The molecular weight excluding hydrogens is 286 g/mol. The Morgan fingerprint density at radius 1 is 1.29 bits per heavy atom. The van der Waals surface area contributed by atoms with E-state index in [1.165, 1.54) is 0 Å². The average molecular weight is 309 g/mol. The molecule has 1 rings (SSSR count). The van der Waals surface area contributed by atoms with Crippen LogP contribution in [0.3, 0.4) is 0 Å². The summed E-state index contributed by atoms with van der Waals surface area (Å²) in [7, 11) is 3.46. The molecule has 0 aromatic heterocycles. The fourth-order valence-electron chi connectivity index (χ4n) is 1.65. The number of amides is 2. The van der Waals surface area contributed by atoms with Crippen molar-refractivity contribution in [3.05, 3.63) is 29.8 Å². The summed E-state index contributed by atoms with van der Waals surface area (Å²) in [6.07, 6.45) is 3.00. The van der Waals surface area contributed by atoms with Gasteiger partial charge in [0.15, 0.2) is 0 Å². The first-order valence-corrected chi connectivity index (χ1v) is 8.18. The monoisotopic (exact) mass is 309 g/mol. The van der Waals surface area contributed by atoms with Gasteiger partial charge in [-0.25, -0.2) is 0 Å². The predicted octanol–water partition coefficient (Wildman–Crippen LogP) is 1.34. The first kappa shape index (κ1) is 17.5. The Morgan fingerprint density at radius 2 is 1.90 bits per heavy atom. The molecule has 21 heavy (non-hydrogen) atoms. The molecule has 6 heteroatoms. The van der Waals surface area contributed by atoms with Gasteiger partial charge >= 0.3 is 0 Å². The van der Waals surface area contributed by atoms with Gasteiger partial charge in [0.25, 0.3) is 0 Å². The van der Waals surface area contributed by atoms with Crippen LogP contribution in [0.25, 0.3) is 0 Å². The molecule has 0 heterocycles. The zero-order valence-electron chi connectivity index (χ0n) is 12.8. The molecule has 0 fully saturated rings. The Hall–Kier alpha value is -1.53. The lowest BCUT2D eigenvalue weighted by molar-refractivity contribution is -0.128. The zero-order valence-corrected chi connectivity index (χ0v) is 13.6. The van der Waals surface area contributed by atoms with Crippen LogP contribution in [0.1, 0.15) is 12.0 Å². The maximum absolute atomic E-state index is 11.9. The van der Waals surface area contributed by atoms with E-state index in [9.17, 15) is 9.59 Å². The van der Waals surface area contributed by atoms with Gasteiger partial charge in [0.05, 0.1) is 12.5 Å². The molecule has 0 saturated heterocycles. The third kappa shape index (κ3) is 6.18. The summed E-state index contributed by atoms with van der Waals surface area (Å²) >= 11 is 1.67. The van der Waals surface area contributed by atoms with Crippen molar-refractivity contribution in [3.8, 4) is 0 Å². The summed E-state index contributed by atoms with van der Waals surface area (Å²) in [5.74, 6) is 0.729. The number of rotatable bonds is 7. The van der Waals surface area contributed by atoms with Crippen molar-refractivity contribution in [2.24, 2.45) is 5.73 Å². The molecule has 0 spiro atoms. The number of carbonyl (C=O) groups is 2. The van der Waals surface area contributed by atoms with Gasteiger partial charge in [0, 0.05) is 19.8 Å². The Bertz CT molecular complexity index is 474. The van der Waals surface area contributed by atoms with Crippen LogP contribution >= 0.6 is 11.8 Å². The van der Waals surface area contributed by atoms with Crippen molar-refractivity contribution in [1.29, 1.82) is 0 Å². The van der Waals surface area contributed by atoms with Crippen LogP contribution in [0.2, 0.25) is 0 Å². The van der Waals surface area contributed by atoms with Crippen LogP contribution in [-0.2, 0) is 16.0 Å². The molecular formula is C15H23N3O2S. The van der Waals surface area contributed by atoms with E-state index in [4.69, 9.17) is 5.73 Å². The smallest absolute Gasteiger partial charge is 0.241 e.